The van der Waals surface area contributed by atoms with Gasteiger partial charge >= 0.3 is 0 Å². The molecule has 20 heavy (non-hydrogen) atoms. The van der Waals surface area contributed by atoms with Gasteiger partial charge in [-0.2, -0.15) is 5.10 Å². The summed E-state index contributed by atoms with van der Waals surface area (Å²) in [7, 11) is 0. The van der Waals surface area contributed by atoms with E-state index in [0.29, 0.717) is 11.0 Å². The van der Waals surface area contributed by atoms with E-state index < -0.39 is 0 Å². The van der Waals surface area contributed by atoms with Gasteiger partial charge in [-0.25, -0.2) is 14.6 Å². The van der Waals surface area contributed by atoms with Gasteiger partial charge in [0.1, 0.15) is 11.0 Å². The Kier molecular flexibility index (Phi) is 3.24. The monoisotopic (exact) mass is 284 g/mol. The van der Waals surface area contributed by atoms with Gasteiger partial charge in [0.2, 0.25) is 0 Å². The van der Waals surface area contributed by atoms with Crippen LogP contribution in [0.3, 0.4) is 0 Å². The molecule has 0 spiro atoms. The topological polar surface area (TPSA) is 43.6 Å². The largest absolute Gasteiger partial charge is 0.232 e. The highest BCUT2D eigenvalue weighted by atomic mass is 35.5. The summed E-state index contributed by atoms with van der Waals surface area (Å²) in [6.45, 7) is 3.75. The third-order valence-corrected chi connectivity index (χ3v) is 3.45. The Morgan fingerprint density at radius 1 is 1.00 bits per heavy atom. The zero-order valence-corrected chi connectivity index (χ0v) is 12.0. The average Bonchev–Trinajstić information content (AvgIpc) is 2.93. The highest BCUT2D eigenvalue weighted by Gasteiger charge is 2.14. The fraction of sp³-hybridized carbons (Fsp3) is 0.133. The van der Waals surface area contributed by atoms with Crippen molar-refractivity contribution < 1.29 is 0 Å². The molecule has 0 aliphatic carbocycles. The lowest BCUT2D eigenvalue weighted by Crippen LogP contribution is -2.03. The molecule has 0 amide bonds. The van der Waals surface area contributed by atoms with E-state index in [2.05, 4.69) is 15.1 Å². The summed E-state index contributed by atoms with van der Waals surface area (Å²) in [6.07, 6.45) is 1.76. The molecule has 100 valence electrons. The van der Waals surface area contributed by atoms with E-state index in [-0.39, 0.29) is 0 Å². The summed E-state index contributed by atoms with van der Waals surface area (Å²) in [5, 5.41) is 4.86. The summed E-state index contributed by atoms with van der Waals surface area (Å²) < 4.78 is 1.85. The van der Waals surface area contributed by atoms with Gasteiger partial charge in [-0.1, -0.05) is 29.8 Å². The molecule has 2 heterocycles. The number of hydrogen-bond donors (Lipinski definition) is 0. The summed E-state index contributed by atoms with van der Waals surface area (Å²) in [5.41, 5.74) is 3.55. The van der Waals surface area contributed by atoms with E-state index in [9.17, 15) is 0 Å². The lowest BCUT2D eigenvalue weighted by atomic mass is 10.2. The summed E-state index contributed by atoms with van der Waals surface area (Å²) in [4.78, 5) is 8.68. The number of halogens is 1. The zero-order chi connectivity index (χ0) is 14.1. The molecule has 4 nitrogen and oxygen atoms in total. The van der Waals surface area contributed by atoms with Crippen molar-refractivity contribution in [2.24, 2.45) is 0 Å². The molecule has 3 aromatic rings. The Balaban J connectivity index is 2.21. The van der Waals surface area contributed by atoms with E-state index in [1.54, 1.807) is 6.20 Å². The van der Waals surface area contributed by atoms with Gasteiger partial charge in [-0.15, -0.1) is 0 Å². The molecular formula is C15H13ClN4. The van der Waals surface area contributed by atoms with Crippen molar-refractivity contribution in [3.05, 3.63) is 59.1 Å². The van der Waals surface area contributed by atoms with Crippen LogP contribution in [0.2, 0.25) is 5.15 Å². The van der Waals surface area contributed by atoms with E-state index in [4.69, 9.17) is 11.6 Å². The summed E-state index contributed by atoms with van der Waals surface area (Å²) >= 11 is 6.15. The number of nitrogens with zero attached hydrogens (tertiary/aromatic N) is 4. The maximum Gasteiger partial charge on any atom is 0.136 e. The summed E-state index contributed by atoms with van der Waals surface area (Å²) in [6, 6.07) is 11.9. The van der Waals surface area contributed by atoms with Crippen LogP contribution in [0, 0.1) is 13.8 Å². The standard InChI is InChI=1S/C15H13ClN4/c1-10-14(18-11(2)19-15(10)16)13-8-9-17-20(13)12-6-4-3-5-7-12/h3-9H,1-2H3. The van der Waals surface area contributed by atoms with Crippen molar-refractivity contribution in [3.63, 3.8) is 0 Å². The van der Waals surface area contributed by atoms with E-state index in [1.165, 1.54) is 0 Å². The van der Waals surface area contributed by atoms with Crippen LogP contribution in [0.4, 0.5) is 0 Å². The quantitative estimate of drug-likeness (QED) is 0.675. The molecule has 1 aromatic carbocycles. The first-order chi connectivity index (χ1) is 9.66. The van der Waals surface area contributed by atoms with Crippen LogP contribution in [0.1, 0.15) is 11.4 Å². The minimum absolute atomic E-state index is 0.480. The van der Waals surface area contributed by atoms with Crippen molar-refractivity contribution in [2.75, 3.05) is 0 Å². The molecule has 0 atom stereocenters. The third-order valence-electron chi connectivity index (χ3n) is 3.08. The third kappa shape index (κ3) is 2.18. The Morgan fingerprint density at radius 2 is 1.75 bits per heavy atom. The van der Waals surface area contributed by atoms with Crippen LogP contribution < -0.4 is 0 Å². The molecule has 0 N–H and O–H groups in total. The van der Waals surface area contributed by atoms with Gasteiger partial charge in [0, 0.05) is 5.56 Å². The highest BCUT2D eigenvalue weighted by Crippen LogP contribution is 2.27. The molecule has 0 bridgehead atoms. The molecular weight excluding hydrogens is 272 g/mol. The van der Waals surface area contributed by atoms with Crippen LogP contribution in [-0.4, -0.2) is 19.7 Å². The van der Waals surface area contributed by atoms with E-state index in [0.717, 1.165) is 22.6 Å². The van der Waals surface area contributed by atoms with E-state index >= 15 is 0 Å². The molecule has 3 rings (SSSR count). The number of rotatable bonds is 2. The van der Waals surface area contributed by atoms with E-state index in [1.807, 2.05) is 54.9 Å². The molecule has 5 heteroatoms. The second-order valence-corrected chi connectivity index (χ2v) is 4.86. The molecule has 2 aromatic heterocycles. The minimum atomic E-state index is 0.480. The minimum Gasteiger partial charge on any atom is -0.232 e. The van der Waals surface area contributed by atoms with Crippen LogP contribution in [0.15, 0.2) is 42.6 Å². The predicted octanol–water partition coefficient (Wildman–Crippen LogP) is 3.60. The van der Waals surface area contributed by atoms with Crippen molar-refractivity contribution in [3.8, 4) is 17.1 Å². The number of hydrogen-bond acceptors (Lipinski definition) is 3. The molecule has 0 radical (unpaired) electrons. The van der Waals surface area contributed by atoms with Crippen molar-refractivity contribution >= 4 is 11.6 Å². The predicted molar refractivity (Wildman–Crippen MR) is 79.1 cm³/mol. The highest BCUT2D eigenvalue weighted by molar-refractivity contribution is 6.30. The van der Waals surface area contributed by atoms with Gasteiger partial charge in [0.15, 0.2) is 0 Å². The molecule has 0 saturated heterocycles. The maximum atomic E-state index is 6.15. The second kappa shape index (κ2) is 5.06. The van der Waals surface area contributed by atoms with Gasteiger partial charge in [0.05, 0.1) is 23.3 Å². The van der Waals surface area contributed by atoms with Crippen LogP contribution in [0.5, 0.6) is 0 Å². The fourth-order valence-corrected chi connectivity index (χ4v) is 2.31. The SMILES string of the molecule is Cc1nc(Cl)c(C)c(-c2ccnn2-c2ccccc2)n1. The zero-order valence-electron chi connectivity index (χ0n) is 11.2. The Morgan fingerprint density at radius 3 is 2.50 bits per heavy atom. The molecule has 0 aliphatic rings. The molecule has 0 unspecified atom stereocenters. The van der Waals surface area contributed by atoms with Gasteiger partial charge < -0.3 is 0 Å². The average molecular weight is 285 g/mol. The summed E-state index contributed by atoms with van der Waals surface area (Å²) in [5.74, 6) is 0.649. The lowest BCUT2D eigenvalue weighted by Gasteiger charge is -2.10. The number of aryl methyl sites for hydroxylation is 1. The normalized spacial score (nSPS) is 10.8. The Hall–Kier alpha value is -2.20. The smallest absolute Gasteiger partial charge is 0.136 e. The fourth-order valence-electron chi connectivity index (χ4n) is 2.10. The number of benzene rings is 1. The first-order valence-corrected chi connectivity index (χ1v) is 6.65. The maximum absolute atomic E-state index is 6.15. The second-order valence-electron chi connectivity index (χ2n) is 4.50. The molecule has 0 fully saturated rings. The number of aromatic nitrogens is 4. The number of para-hydroxylation sites is 1. The van der Waals surface area contributed by atoms with Crippen molar-refractivity contribution in [1.29, 1.82) is 0 Å². The molecule has 0 aliphatic heterocycles. The van der Waals surface area contributed by atoms with Crippen LogP contribution >= 0.6 is 11.6 Å². The van der Waals surface area contributed by atoms with Crippen molar-refractivity contribution in [2.45, 2.75) is 13.8 Å². The van der Waals surface area contributed by atoms with Crippen molar-refractivity contribution in [1.82, 2.24) is 19.7 Å². The van der Waals surface area contributed by atoms with Gasteiger partial charge in [-0.3, -0.25) is 0 Å². The Labute approximate surface area is 122 Å². The van der Waals surface area contributed by atoms with Crippen LogP contribution in [-0.2, 0) is 0 Å². The first kappa shape index (κ1) is 12.8. The van der Waals surface area contributed by atoms with Gasteiger partial charge in [0.25, 0.3) is 0 Å². The van der Waals surface area contributed by atoms with Crippen LogP contribution in [0.25, 0.3) is 17.1 Å². The lowest BCUT2D eigenvalue weighted by molar-refractivity contribution is 0.878. The first-order valence-electron chi connectivity index (χ1n) is 6.27. The Bertz CT molecular complexity index is 750. The molecule has 0 saturated carbocycles. The van der Waals surface area contributed by atoms with Gasteiger partial charge in [-0.05, 0) is 32.0 Å².